The van der Waals surface area contributed by atoms with Gasteiger partial charge in [-0.15, -0.1) is 0 Å². The minimum Gasteiger partial charge on any atom is -0.302 e. The van der Waals surface area contributed by atoms with Crippen LogP contribution in [-0.4, -0.2) is 5.71 Å². The van der Waals surface area contributed by atoms with Crippen LogP contribution in [0.4, 0.5) is 0 Å². The largest absolute Gasteiger partial charge is 0.302 e. The maximum atomic E-state index is 4.39. The zero-order valence-corrected chi connectivity index (χ0v) is 10.7. The maximum absolute atomic E-state index is 4.39. The van der Waals surface area contributed by atoms with Gasteiger partial charge in [0.2, 0.25) is 0 Å². The number of hydrogen-bond acceptors (Lipinski definition) is 2. The lowest BCUT2D eigenvalue weighted by Crippen LogP contribution is -2.09. The third kappa shape index (κ3) is 2.91. The van der Waals surface area contributed by atoms with Crippen molar-refractivity contribution in [2.75, 3.05) is 0 Å². The van der Waals surface area contributed by atoms with Crippen LogP contribution in [0.2, 0.25) is 0 Å². The molecule has 1 N–H and O–H groups in total. The molecular formula is C17H16N2. The molecule has 0 aliphatic carbocycles. The summed E-state index contributed by atoms with van der Waals surface area (Å²) >= 11 is 0. The van der Waals surface area contributed by atoms with E-state index >= 15 is 0 Å². The van der Waals surface area contributed by atoms with Crippen LogP contribution in [0.15, 0.2) is 71.8 Å². The maximum Gasteiger partial charge on any atom is 0.0745 e. The zero-order chi connectivity index (χ0) is 12.9. The van der Waals surface area contributed by atoms with E-state index < -0.39 is 0 Å². The topological polar surface area (TPSA) is 24.4 Å². The molecule has 2 aromatic rings. The van der Waals surface area contributed by atoms with Crippen molar-refractivity contribution < 1.29 is 0 Å². The van der Waals surface area contributed by atoms with E-state index in [1.54, 1.807) is 0 Å². The first-order valence-corrected chi connectivity index (χ1v) is 6.52. The molecule has 94 valence electrons. The number of rotatable bonds is 3. The molecule has 2 heteroatoms. The van der Waals surface area contributed by atoms with Gasteiger partial charge in [0.15, 0.2) is 0 Å². The van der Waals surface area contributed by atoms with Crippen molar-refractivity contribution in [3.05, 3.63) is 77.9 Å². The van der Waals surface area contributed by atoms with Crippen molar-refractivity contribution in [3.8, 4) is 0 Å². The van der Waals surface area contributed by atoms with E-state index in [1.807, 2.05) is 24.3 Å². The third-order valence-corrected chi connectivity index (χ3v) is 3.25. The fourth-order valence-electron chi connectivity index (χ4n) is 2.20. The monoisotopic (exact) mass is 248 g/mol. The molecule has 0 aromatic heterocycles. The van der Waals surface area contributed by atoms with Crippen LogP contribution in [0.25, 0.3) is 6.08 Å². The van der Waals surface area contributed by atoms with Gasteiger partial charge in [0.05, 0.1) is 11.8 Å². The summed E-state index contributed by atoms with van der Waals surface area (Å²) in [4.78, 5) is 0. The number of benzene rings is 2. The SMILES string of the molecule is C(=C\c1ccccc1)/C1=NNC(c2ccccc2)C1. The van der Waals surface area contributed by atoms with Crippen molar-refractivity contribution in [1.29, 1.82) is 0 Å². The molecule has 0 amide bonds. The molecule has 0 saturated carbocycles. The van der Waals surface area contributed by atoms with E-state index in [4.69, 9.17) is 0 Å². The highest BCUT2D eigenvalue weighted by molar-refractivity contribution is 5.99. The molecule has 2 nitrogen and oxygen atoms in total. The first kappa shape index (κ1) is 11.7. The Labute approximate surface area is 113 Å². The van der Waals surface area contributed by atoms with Gasteiger partial charge in [-0.05, 0) is 17.2 Å². The van der Waals surface area contributed by atoms with Crippen LogP contribution in [0, 0.1) is 0 Å². The average Bonchev–Trinajstić information content (AvgIpc) is 2.96. The lowest BCUT2D eigenvalue weighted by atomic mass is 10.0. The second kappa shape index (κ2) is 5.53. The van der Waals surface area contributed by atoms with Crippen molar-refractivity contribution in [2.24, 2.45) is 5.10 Å². The van der Waals surface area contributed by atoms with E-state index in [1.165, 1.54) is 11.1 Å². The highest BCUT2D eigenvalue weighted by Crippen LogP contribution is 2.21. The van der Waals surface area contributed by atoms with Gasteiger partial charge in [-0.25, -0.2) is 0 Å². The quantitative estimate of drug-likeness (QED) is 0.878. The van der Waals surface area contributed by atoms with Gasteiger partial charge in [0, 0.05) is 6.42 Å². The van der Waals surface area contributed by atoms with Gasteiger partial charge >= 0.3 is 0 Å². The molecule has 1 atom stereocenters. The molecule has 3 rings (SSSR count). The molecule has 0 radical (unpaired) electrons. The number of nitrogens with zero attached hydrogens (tertiary/aromatic N) is 1. The van der Waals surface area contributed by atoms with Gasteiger partial charge in [0.1, 0.15) is 0 Å². The molecule has 0 spiro atoms. The molecule has 1 aliphatic heterocycles. The number of hydrogen-bond donors (Lipinski definition) is 1. The Morgan fingerprint density at radius 1 is 0.895 bits per heavy atom. The first-order valence-electron chi connectivity index (χ1n) is 6.52. The summed E-state index contributed by atoms with van der Waals surface area (Å²) in [6.45, 7) is 0. The van der Waals surface area contributed by atoms with Gasteiger partial charge < -0.3 is 5.43 Å². The van der Waals surface area contributed by atoms with E-state index in [9.17, 15) is 0 Å². The average molecular weight is 248 g/mol. The first-order chi connectivity index (χ1) is 9.42. The van der Waals surface area contributed by atoms with Gasteiger partial charge in [-0.1, -0.05) is 66.7 Å². The molecular weight excluding hydrogens is 232 g/mol. The van der Waals surface area contributed by atoms with E-state index in [2.05, 4.69) is 59.1 Å². The predicted octanol–water partition coefficient (Wildman–Crippen LogP) is 3.79. The van der Waals surface area contributed by atoms with Crippen molar-refractivity contribution in [3.63, 3.8) is 0 Å². The van der Waals surface area contributed by atoms with Crippen LogP contribution >= 0.6 is 0 Å². The summed E-state index contributed by atoms with van der Waals surface area (Å²) in [5.41, 5.74) is 6.78. The summed E-state index contributed by atoms with van der Waals surface area (Å²) in [7, 11) is 0. The summed E-state index contributed by atoms with van der Waals surface area (Å²) in [6.07, 6.45) is 5.13. The minimum atomic E-state index is 0.302. The highest BCUT2D eigenvalue weighted by atomic mass is 15.3. The highest BCUT2D eigenvalue weighted by Gasteiger charge is 2.17. The van der Waals surface area contributed by atoms with Crippen molar-refractivity contribution in [1.82, 2.24) is 5.43 Å². The lowest BCUT2D eigenvalue weighted by Gasteiger charge is -2.08. The zero-order valence-electron chi connectivity index (χ0n) is 10.7. The molecule has 1 heterocycles. The Bertz CT molecular complexity index is 585. The minimum absolute atomic E-state index is 0.302. The van der Waals surface area contributed by atoms with E-state index in [-0.39, 0.29) is 0 Å². The summed E-state index contributed by atoms with van der Waals surface area (Å²) in [5, 5.41) is 4.39. The van der Waals surface area contributed by atoms with Crippen molar-refractivity contribution >= 4 is 11.8 Å². The second-order valence-electron chi connectivity index (χ2n) is 4.64. The normalized spacial score (nSPS) is 18.3. The Morgan fingerprint density at radius 2 is 1.58 bits per heavy atom. The number of nitrogens with one attached hydrogen (secondary N) is 1. The molecule has 2 aromatic carbocycles. The number of allylic oxidation sites excluding steroid dienone is 1. The Balaban J connectivity index is 1.65. The fraction of sp³-hybridized carbons (Fsp3) is 0.118. The summed E-state index contributed by atoms with van der Waals surface area (Å²) in [5.74, 6) is 0. The van der Waals surface area contributed by atoms with Crippen LogP contribution in [0.3, 0.4) is 0 Å². The Morgan fingerprint density at radius 3 is 2.32 bits per heavy atom. The smallest absolute Gasteiger partial charge is 0.0745 e. The van der Waals surface area contributed by atoms with Crippen LogP contribution in [0.5, 0.6) is 0 Å². The second-order valence-corrected chi connectivity index (χ2v) is 4.64. The molecule has 0 fully saturated rings. The van der Waals surface area contributed by atoms with E-state index in [0.717, 1.165) is 12.1 Å². The van der Waals surface area contributed by atoms with Crippen molar-refractivity contribution in [2.45, 2.75) is 12.5 Å². The Hall–Kier alpha value is -2.35. The molecule has 1 aliphatic rings. The van der Waals surface area contributed by atoms with Gasteiger partial charge in [-0.2, -0.15) is 5.10 Å². The van der Waals surface area contributed by atoms with Crippen LogP contribution in [-0.2, 0) is 0 Å². The Kier molecular flexibility index (Phi) is 3.41. The van der Waals surface area contributed by atoms with Gasteiger partial charge in [0.25, 0.3) is 0 Å². The van der Waals surface area contributed by atoms with E-state index in [0.29, 0.717) is 6.04 Å². The van der Waals surface area contributed by atoms with Gasteiger partial charge in [-0.3, -0.25) is 0 Å². The van der Waals surface area contributed by atoms with Crippen LogP contribution in [0.1, 0.15) is 23.6 Å². The third-order valence-electron chi connectivity index (χ3n) is 3.25. The summed E-state index contributed by atoms with van der Waals surface area (Å²) < 4.78 is 0. The predicted molar refractivity (Wildman–Crippen MR) is 79.8 cm³/mol. The fourth-order valence-corrected chi connectivity index (χ4v) is 2.20. The number of hydrazone groups is 1. The summed E-state index contributed by atoms with van der Waals surface area (Å²) in [6, 6.07) is 21.0. The molecule has 0 saturated heterocycles. The lowest BCUT2D eigenvalue weighted by molar-refractivity contribution is 0.620. The standard InChI is InChI=1S/C17H16N2/c1-3-7-14(8-4-1)11-12-16-13-17(19-18-16)15-9-5-2-6-10-15/h1-12,17,19H,13H2/b12-11+. The molecule has 1 unspecified atom stereocenters. The molecule has 19 heavy (non-hydrogen) atoms. The van der Waals surface area contributed by atoms with Crippen LogP contribution < -0.4 is 5.43 Å². The molecule has 0 bridgehead atoms.